The van der Waals surface area contributed by atoms with Gasteiger partial charge in [0.25, 0.3) is 0 Å². The first-order valence-electron chi connectivity index (χ1n) is 6.52. The van der Waals surface area contributed by atoms with E-state index in [4.69, 9.17) is 0 Å². The first-order valence-corrected chi connectivity index (χ1v) is 8.62. The van der Waals surface area contributed by atoms with Gasteiger partial charge in [-0.2, -0.15) is 0 Å². The zero-order valence-corrected chi connectivity index (χ0v) is 13.9. The van der Waals surface area contributed by atoms with Crippen LogP contribution in [0.25, 0.3) is 0 Å². The van der Waals surface area contributed by atoms with Gasteiger partial charge in [0.1, 0.15) is 22.4 Å². The molecule has 0 N–H and O–H groups in total. The molecule has 2 aromatic rings. The van der Waals surface area contributed by atoms with Crippen LogP contribution >= 0.6 is 11.3 Å². The van der Waals surface area contributed by atoms with E-state index in [0.29, 0.717) is 11.7 Å². The predicted octanol–water partition coefficient (Wildman–Crippen LogP) is 1.17. The number of aromatic nitrogens is 3. The fourth-order valence-corrected chi connectivity index (χ4v) is 3.76. The molecule has 0 aliphatic rings. The second kappa shape index (κ2) is 6.95. The Morgan fingerprint density at radius 1 is 1.52 bits per heavy atom. The Labute approximate surface area is 130 Å². The van der Waals surface area contributed by atoms with Crippen LogP contribution in [0.3, 0.4) is 0 Å². The van der Waals surface area contributed by atoms with Crippen molar-refractivity contribution in [1.82, 2.24) is 19.7 Å². The van der Waals surface area contributed by atoms with Crippen molar-refractivity contribution in [2.45, 2.75) is 30.3 Å². The molecule has 2 atom stereocenters. The maximum atomic E-state index is 12.5. The first-order chi connectivity index (χ1) is 10.0. The zero-order valence-electron chi connectivity index (χ0n) is 12.2. The van der Waals surface area contributed by atoms with Crippen molar-refractivity contribution in [2.75, 3.05) is 14.1 Å². The van der Waals surface area contributed by atoms with Gasteiger partial charge in [-0.25, -0.2) is 0 Å². The molecule has 0 aliphatic carbocycles. The van der Waals surface area contributed by atoms with Crippen LogP contribution in [0.4, 0.5) is 0 Å². The highest BCUT2D eigenvalue weighted by molar-refractivity contribution is 7.86. The van der Waals surface area contributed by atoms with Crippen molar-refractivity contribution in [3.05, 3.63) is 28.7 Å². The van der Waals surface area contributed by atoms with E-state index in [-0.39, 0.29) is 5.91 Å². The van der Waals surface area contributed by atoms with Crippen molar-refractivity contribution < 1.29 is 9.00 Å². The summed E-state index contributed by atoms with van der Waals surface area (Å²) in [7, 11) is 1.79. The fourth-order valence-electron chi connectivity index (χ4n) is 1.85. The van der Waals surface area contributed by atoms with Crippen LogP contribution in [0.1, 0.15) is 11.8 Å². The van der Waals surface area contributed by atoms with Crippen molar-refractivity contribution in [3.8, 4) is 0 Å². The molecule has 0 saturated carbocycles. The Morgan fingerprint density at radius 2 is 2.29 bits per heavy atom. The van der Waals surface area contributed by atoms with E-state index in [1.807, 2.05) is 11.4 Å². The number of amides is 1. The van der Waals surface area contributed by atoms with E-state index in [1.54, 1.807) is 43.3 Å². The number of aryl methyl sites for hydroxylation is 2. The average molecular weight is 326 g/mol. The Balaban J connectivity index is 2.08. The Kier molecular flexibility index (Phi) is 5.24. The lowest BCUT2D eigenvalue weighted by molar-refractivity contribution is -0.127. The molecule has 0 radical (unpaired) electrons. The van der Waals surface area contributed by atoms with Gasteiger partial charge in [-0.3, -0.25) is 9.00 Å². The molecule has 1 amide bonds. The maximum absolute atomic E-state index is 12.5. The summed E-state index contributed by atoms with van der Waals surface area (Å²) < 4.78 is 14.2. The van der Waals surface area contributed by atoms with Crippen molar-refractivity contribution in [1.29, 1.82) is 0 Å². The Bertz CT molecular complexity index is 622. The second-order valence-corrected chi connectivity index (χ2v) is 7.51. The minimum atomic E-state index is -1.51. The molecular weight excluding hydrogens is 308 g/mol. The minimum absolute atomic E-state index is 0.179. The number of carbonyl (C=O) groups is 1. The quantitative estimate of drug-likeness (QED) is 0.799. The zero-order chi connectivity index (χ0) is 15.4. The predicted molar refractivity (Wildman–Crippen MR) is 82.6 cm³/mol. The standard InChI is InChI=1S/C13H18N4O2S2/c1-10(12(18)16(2)3)21(19)13-15-14-9-17(13)7-6-11-5-4-8-20-11/h4-5,8-10H,6-7H2,1-3H3/t10-,21+/m0/s1. The molecule has 21 heavy (non-hydrogen) atoms. The summed E-state index contributed by atoms with van der Waals surface area (Å²) in [6.45, 7) is 2.30. The van der Waals surface area contributed by atoms with Crippen LogP contribution in [0.5, 0.6) is 0 Å². The third-order valence-electron chi connectivity index (χ3n) is 3.05. The minimum Gasteiger partial charge on any atom is -0.348 e. The number of rotatable bonds is 6. The van der Waals surface area contributed by atoms with Crippen LogP contribution in [0.2, 0.25) is 0 Å². The molecular formula is C13H18N4O2S2. The van der Waals surface area contributed by atoms with Crippen LogP contribution in [-0.4, -0.2) is 49.1 Å². The van der Waals surface area contributed by atoms with Gasteiger partial charge in [0, 0.05) is 25.5 Å². The third kappa shape index (κ3) is 3.76. The molecule has 0 aliphatic heterocycles. The van der Waals surface area contributed by atoms with Crippen molar-refractivity contribution >= 4 is 28.0 Å². The van der Waals surface area contributed by atoms with Gasteiger partial charge in [0.15, 0.2) is 0 Å². The molecule has 6 nitrogen and oxygen atoms in total. The van der Waals surface area contributed by atoms with Crippen molar-refractivity contribution in [2.24, 2.45) is 0 Å². The first kappa shape index (κ1) is 15.8. The Hall–Kier alpha value is -1.54. The number of carbonyl (C=O) groups excluding carboxylic acids is 1. The molecule has 2 rings (SSSR count). The summed E-state index contributed by atoms with van der Waals surface area (Å²) >= 11 is 1.68. The molecule has 0 spiro atoms. The maximum Gasteiger partial charge on any atom is 0.238 e. The number of hydrogen-bond donors (Lipinski definition) is 0. The SMILES string of the molecule is C[C@@H](C(=O)N(C)C)[S@@](=O)c1nncn1CCc1cccs1. The summed E-state index contributed by atoms with van der Waals surface area (Å²) in [6.07, 6.45) is 2.39. The van der Waals surface area contributed by atoms with E-state index >= 15 is 0 Å². The number of hydrogen-bond acceptors (Lipinski definition) is 5. The van der Waals surface area contributed by atoms with Crippen LogP contribution in [-0.2, 0) is 28.6 Å². The molecule has 0 saturated heterocycles. The van der Waals surface area contributed by atoms with Crippen LogP contribution in [0.15, 0.2) is 29.0 Å². The van der Waals surface area contributed by atoms with E-state index in [9.17, 15) is 9.00 Å². The highest BCUT2D eigenvalue weighted by Crippen LogP contribution is 2.13. The van der Waals surface area contributed by atoms with Gasteiger partial charge < -0.3 is 9.47 Å². The summed E-state index contributed by atoms with van der Waals surface area (Å²) in [4.78, 5) is 14.6. The van der Waals surface area contributed by atoms with Gasteiger partial charge >= 0.3 is 0 Å². The van der Waals surface area contributed by atoms with E-state index < -0.39 is 16.0 Å². The fraction of sp³-hybridized carbons (Fsp3) is 0.462. The lowest BCUT2D eigenvalue weighted by Crippen LogP contribution is -2.35. The lowest BCUT2D eigenvalue weighted by atomic mass is 10.3. The monoisotopic (exact) mass is 326 g/mol. The van der Waals surface area contributed by atoms with E-state index in [2.05, 4.69) is 16.3 Å². The molecule has 0 fully saturated rings. The summed E-state index contributed by atoms with van der Waals surface area (Å²) in [6, 6.07) is 4.06. The average Bonchev–Trinajstić information content (AvgIpc) is 3.13. The van der Waals surface area contributed by atoms with Gasteiger partial charge in [0.05, 0.1) is 0 Å². The summed E-state index contributed by atoms with van der Waals surface area (Å²) in [5, 5.41) is 9.50. The van der Waals surface area contributed by atoms with Gasteiger partial charge in [-0.1, -0.05) is 6.07 Å². The highest BCUT2D eigenvalue weighted by atomic mass is 32.2. The molecule has 114 valence electrons. The molecule has 2 heterocycles. The second-order valence-electron chi connectivity index (χ2n) is 4.81. The highest BCUT2D eigenvalue weighted by Gasteiger charge is 2.26. The van der Waals surface area contributed by atoms with Gasteiger partial charge in [0.2, 0.25) is 11.1 Å². The summed E-state index contributed by atoms with van der Waals surface area (Å²) in [5.74, 6) is -0.179. The molecule has 0 bridgehead atoms. The topological polar surface area (TPSA) is 68.1 Å². The molecule has 0 aromatic carbocycles. The van der Waals surface area contributed by atoms with E-state index in [0.717, 1.165) is 6.42 Å². The number of nitrogens with zero attached hydrogens (tertiary/aromatic N) is 4. The smallest absolute Gasteiger partial charge is 0.238 e. The molecule has 2 aromatic heterocycles. The number of thiophene rings is 1. The molecule has 8 heteroatoms. The Morgan fingerprint density at radius 3 is 2.90 bits per heavy atom. The third-order valence-corrected chi connectivity index (χ3v) is 5.50. The van der Waals surface area contributed by atoms with Crippen LogP contribution in [0, 0.1) is 0 Å². The molecule has 0 unspecified atom stereocenters. The normalized spacial score (nSPS) is 13.9. The van der Waals surface area contributed by atoms with E-state index in [1.165, 1.54) is 9.78 Å². The largest absolute Gasteiger partial charge is 0.348 e. The lowest BCUT2D eigenvalue weighted by Gasteiger charge is -2.16. The van der Waals surface area contributed by atoms with Crippen LogP contribution < -0.4 is 0 Å². The van der Waals surface area contributed by atoms with Crippen molar-refractivity contribution in [3.63, 3.8) is 0 Å². The van der Waals surface area contributed by atoms with Gasteiger partial charge in [-0.05, 0) is 24.8 Å². The summed E-state index contributed by atoms with van der Waals surface area (Å²) in [5.41, 5.74) is 0. The van der Waals surface area contributed by atoms with Gasteiger partial charge in [-0.15, -0.1) is 21.5 Å².